The van der Waals surface area contributed by atoms with E-state index in [0.29, 0.717) is 12.2 Å². The lowest BCUT2D eigenvalue weighted by molar-refractivity contribution is -0.132. The smallest absolute Gasteiger partial charge is 0.247 e. The summed E-state index contributed by atoms with van der Waals surface area (Å²) >= 11 is 0. The van der Waals surface area contributed by atoms with Gasteiger partial charge in [-0.05, 0) is 12.1 Å². The quantitative estimate of drug-likeness (QED) is 0.776. The number of likely N-dealkylation sites (N-methyl/N-ethyl adjacent to an activating group) is 1. The number of carbonyl (C=O) groups is 1. The molecule has 1 aromatic carbocycles. The molecule has 1 heterocycles. The Balaban J connectivity index is 2.38. The Labute approximate surface area is 118 Å². The molecule has 0 radical (unpaired) electrons. The van der Waals surface area contributed by atoms with E-state index < -0.39 is 10.0 Å². The minimum atomic E-state index is -3.77. The Kier molecular flexibility index (Phi) is 3.87. The van der Waals surface area contributed by atoms with Gasteiger partial charge in [-0.25, -0.2) is 8.42 Å². The van der Waals surface area contributed by atoms with E-state index in [0.717, 1.165) is 4.31 Å². The fraction of sp³-hybridized carbons (Fsp3) is 0.417. The first-order valence-electron chi connectivity index (χ1n) is 6.04. The van der Waals surface area contributed by atoms with E-state index in [9.17, 15) is 13.2 Å². The molecule has 2 rings (SSSR count). The molecule has 0 unspecified atom stereocenters. The zero-order valence-corrected chi connectivity index (χ0v) is 12.2. The normalized spacial score (nSPS) is 17.3. The molecule has 7 nitrogen and oxygen atoms in total. The predicted molar refractivity (Wildman–Crippen MR) is 73.8 cm³/mol. The van der Waals surface area contributed by atoms with Crippen molar-refractivity contribution in [2.24, 2.45) is 0 Å². The van der Waals surface area contributed by atoms with E-state index in [1.54, 1.807) is 7.05 Å². The molecule has 1 fully saturated rings. The van der Waals surface area contributed by atoms with Crippen molar-refractivity contribution in [3.63, 3.8) is 0 Å². The minimum Gasteiger partial charge on any atom is -0.495 e. The van der Waals surface area contributed by atoms with Crippen LogP contribution in [0.4, 0.5) is 5.69 Å². The maximum atomic E-state index is 12.6. The van der Waals surface area contributed by atoms with Crippen molar-refractivity contribution in [2.45, 2.75) is 4.90 Å². The number of anilines is 1. The van der Waals surface area contributed by atoms with Crippen molar-refractivity contribution in [1.29, 1.82) is 0 Å². The van der Waals surface area contributed by atoms with Crippen LogP contribution < -0.4 is 10.5 Å². The number of nitrogen functional groups attached to an aromatic ring is 1. The van der Waals surface area contributed by atoms with Crippen LogP contribution in [0.2, 0.25) is 0 Å². The standard InChI is InChI=1S/C12H17N3O4S/c1-14-5-6-15(8-12(14)16)20(17,18)11-4-3-9(13)7-10(11)19-2/h3-4,7H,5-6,8,13H2,1-2H3. The van der Waals surface area contributed by atoms with Crippen LogP contribution in [0.25, 0.3) is 0 Å². The molecule has 0 aliphatic carbocycles. The highest BCUT2D eigenvalue weighted by molar-refractivity contribution is 7.89. The van der Waals surface area contributed by atoms with Crippen LogP contribution in [0.15, 0.2) is 23.1 Å². The zero-order chi connectivity index (χ0) is 14.9. The maximum Gasteiger partial charge on any atom is 0.247 e. The molecule has 0 bridgehead atoms. The maximum absolute atomic E-state index is 12.6. The summed E-state index contributed by atoms with van der Waals surface area (Å²) in [6.45, 7) is 0.472. The van der Waals surface area contributed by atoms with Gasteiger partial charge in [-0.1, -0.05) is 0 Å². The molecule has 110 valence electrons. The summed E-state index contributed by atoms with van der Waals surface area (Å²) in [6.07, 6.45) is 0. The number of carbonyl (C=O) groups excluding carboxylic acids is 1. The number of ether oxygens (including phenoxy) is 1. The fourth-order valence-electron chi connectivity index (χ4n) is 1.98. The molecular formula is C12H17N3O4S. The highest BCUT2D eigenvalue weighted by atomic mass is 32.2. The Hall–Kier alpha value is -1.80. The van der Waals surface area contributed by atoms with E-state index in [1.165, 1.54) is 30.2 Å². The summed E-state index contributed by atoms with van der Waals surface area (Å²) in [5.41, 5.74) is 6.03. The first kappa shape index (κ1) is 14.6. The molecule has 1 aliphatic heterocycles. The Morgan fingerprint density at radius 1 is 1.30 bits per heavy atom. The molecule has 20 heavy (non-hydrogen) atoms. The number of benzene rings is 1. The molecule has 0 aromatic heterocycles. The molecule has 1 aliphatic rings. The molecule has 0 atom stereocenters. The number of hydrogen-bond donors (Lipinski definition) is 1. The summed E-state index contributed by atoms with van der Waals surface area (Å²) in [6, 6.07) is 4.34. The van der Waals surface area contributed by atoms with Crippen LogP contribution in [-0.4, -0.2) is 57.3 Å². The number of amides is 1. The van der Waals surface area contributed by atoms with Crippen molar-refractivity contribution in [1.82, 2.24) is 9.21 Å². The van der Waals surface area contributed by atoms with E-state index in [2.05, 4.69) is 0 Å². The largest absolute Gasteiger partial charge is 0.495 e. The van der Waals surface area contributed by atoms with Crippen LogP contribution in [0.3, 0.4) is 0 Å². The number of methoxy groups -OCH3 is 1. The number of rotatable bonds is 3. The molecule has 8 heteroatoms. The van der Waals surface area contributed by atoms with Crippen molar-refractivity contribution in [3.8, 4) is 5.75 Å². The fourth-order valence-corrected chi connectivity index (χ4v) is 3.50. The van der Waals surface area contributed by atoms with Crippen LogP contribution in [0.1, 0.15) is 0 Å². The lowest BCUT2D eigenvalue weighted by atomic mass is 10.3. The number of hydrogen-bond acceptors (Lipinski definition) is 5. The van der Waals surface area contributed by atoms with Gasteiger partial charge in [0.25, 0.3) is 0 Å². The zero-order valence-electron chi connectivity index (χ0n) is 11.4. The lowest BCUT2D eigenvalue weighted by Crippen LogP contribution is -2.50. The van der Waals surface area contributed by atoms with Crippen molar-refractivity contribution < 1.29 is 17.9 Å². The molecule has 1 aromatic rings. The van der Waals surface area contributed by atoms with Gasteiger partial charge in [0, 0.05) is 31.9 Å². The van der Waals surface area contributed by atoms with Gasteiger partial charge in [0.1, 0.15) is 10.6 Å². The van der Waals surface area contributed by atoms with Gasteiger partial charge in [-0.3, -0.25) is 4.79 Å². The second kappa shape index (κ2) is 5.29. The first-order chi connectivity index (χ1) is 9.36. The molecule has 1 saturated heterocycles. The summed E-state index contributed by atoms with van der Waals surface area (Å²) in [5, 5.41) is 0. The monoisotopic (exact) mass is 299 g/mol. The predicted octanol–water partition coefficient (Wildman–Crippen LogP) is -0.260. The summed E-state index contributed by atoms with van der Waals surface area (Å²) in [7, 11) is -0.746. The van der Waals surface area contributed by atoms with Crippen LogP contribution in [-0.2, 0) is 14.8 Å². The van der Waals surface area contributed by atoms with Gasteiger partial charge in [0.15, 0.2) is 0 Å². The molecule has 2 N–H and O–H groups in total. The molecule has 0 spiro atoms. The Morgan fingerprint density at radius 2 is 2.00 bits per heavy atom. The number of nitrogens with zero attached hydrogens (tertiary/aromatic N) is 2. The van der Waals surface area contributed by atoms with Gasteiger partial charge in [-0.15, -0.1) is 0 Å². The van der Waals surface area contributed by atoms with Gasteiger partial charge >= 0.3 is 0 Å². The summed E-state index contributed by atoms with van der Waals surface area (Å²) < 4.78 is 31.4. The third kappa shape index (κ3) is 2.56. The Morgan fingerprint density at radius 3 is 2.60 bits per heavy atom. The minimum absolute atomic E-state index is 0.0200. The average Bonchev–Trinajstić information content (AvgIpc) is 2.41. The molecule has 1 amide bonds. The topological polar surface area (TPSA) is 92.9 Å². The highest BCUT2D eigenvalue weighted by Crippen LogP contribution is 2.29. The Bertz CT molecular complexity index is 630. The van der Waals surface area contributed by atoms with Crippen LogP contribution in [0, 0.1) is 0 Å². The highest BCUT2D eigenvalue weighted by Gasteiger charge is 2.33. The van der Waals surface area contributed by atoms with E-state index >= 15 is 0 Å². The van der Waals surface area contributed by atoms with Crippen LogP contribution in [0.5, 0.6) is 5.75 Å². The average molecular weight is 299 g/mol. The third-order valence-corrected chi connectivity index (χ3v) is 5.11. The summed E-state index contributed by atoms with van der Waals surface area (Å²) in [5.74, 6) is -0.0504. The van der Waals surface area contributed by atoms with E-state index in [4.69, 9.17) is 10.5 Å². The molecular weight excluding hydrogens is 282 g/mol. The van der Waals surface area contributed by atoms with Crippen molar-refractivity contribution in [3.05, 3.63) is 18.2 Å². The van der Waals surface area contributed by atoms with Crippen molar-refractivity contribution >= 4 is 21.6 Å². The lowest BCUT2D eigenvalue weighted by Gasteiger charge is -2.31. The van der Waals surface area contributed by atoms with Gasteiger partial charge in [0.05, 0.1) is 13.7 Å². The van der Waals surface area contributed by atoms with Gasteiger partial charge < -0.3 is 15.4 Å². The number of nitrogens with two attached hydrogens (primary N) is 1. The second-order valence-electron chi connectivity index (χ2n) is 4.56. The number of sulfonamides is 1. The van der Waals surface area contributed by atoms with Gasteiger partial charge in [-0.2, -0.15) is 4.31 Å². The van der Waals surface area contributed by atoms with Gasteiger partial charge in [0.2, 0.25) is 15.9 Å². The van der Waals surface area contributed by atoms with E-state index in [1.807, 2.05) is 0 Å². The first-order valence-corrected chi connectivity index (χ1v) is 7.48. The summed E-state index contributed by atoms with van der Waals surface area (Å²) in [4.78, 5) is 13.2. The molecule has 0 saturated carbocycles. The van der Waals surface area contributed by atoms with Crippen molar-refractivity contribution in [2.75, 3.05) is 39.5 Å². The third-order valence-electron chi connectivity index (χ3n) is 3.23. The number of piperazine rings is 1. The second-order valence-corrected chi connectivity index (χ2v) is 6.47. The van der Waals surface area contributed by atoms with E-state index in [-0.39, 0.29) is 29.6 Å². The van der Waals surface area contributed by atoms with Crippen LogP contribution >= 0.6 is 0 Å². The SMILES string of the molecule is COc1cc(N)ccc1S(=O)(=O)N1CCN(C)C(=O)C1.